The van der Waals surface area contributed by atoms with E-state index in [9.17, 15) is 0 Å². The van der Waals surface area contributed by atoms with Crippen molar-refractivity contribution in [3.63, 3.8) is 0 Å². The van der Waals surface area contributed by atoms with Crippen molar-refractivity contribution in [1.29, 1.82) is 0 Å². The summed E-state index contributed by atoms with van der Waals surface area (Å²) < 4.78 is 13.7. The van der Waals surface area contributed by atoms with Gasteiger partial charge in [-0.25, -0.2) is 4.98 Å². The summed E-state index contributed by atoms with van der Waals surface area (Å²) in [5.41, 5.74) is 1.21. The van der Waals surface area contributed by atoms with Crippen molar-refractivity contribution in [3.8, 4) is 11.5 Å². The number of thiophene rings is 1. The molecule has 1 unspecified atom stereocenters. The molecule has 1 saturated heterocycles. The van der Waals surface area contributed by atoms with Crippen LogP contribution in [-0.4, -0.2) is 41.2 Å². The zero-order valence-corrected chi connectivity index (χ0v) is 17.1. The Hall–Kier alpha value is -2.35. The number of aryl methyl sites for hydroxylation is 1. The molecule has 1 fully saturated rings. The van der Waals surface area contributed by atoms with Crippen LogP contribution in [-0.2, 0) is 20.2 Å². The molecule has 0 radical (unpaired) electrons. The number of benzene rings is 1. The summed E-state index contributed by atoms with van der Waals surface area (Å²) in [5.74, 6) is 2.65. The van der Waals surface area contributed by atoms with Gasteiger partial charge < -0.3 is 19.4 Å². The van der Waals surface area contributed by atoms with Gasteiger partial charge in [-0.3, -0.25) is 4.90 Å². The van der Waals surface area contributed by atoms with Crippen LogP contribution in [0.3, 0.4) is 0 Å². The number of nitrogens with one attached hydrogen (secondary N) is 1. The third-order valence-corrected chi connectivity index (χ3v) is 5.92. The minimum atomic E-state index is 0.259. The summed E-state index contributed by atoms with van der Waals surface area (Å²) in [4.78, 5) is 8.24. The average molecular weight is 399 g/mol. The number of rotatable bonds is 7. The summed E-state index contributed by atoms with van der Waals surface area (Å²) in [6.07, 6.45) is 3.87. The second kappa shape index (κ2) is 8.77. The minimum absolute atomic E-state index is 0.259. The maximum Gasteiger partial charge on any atom is 0.161 e. The third kappa shape index (κ3) is 4.22. The molecule has 3 aromatic rings. The molecule has 3 heterocycles. The topological polar surface area (TPSA) is 51.5 Å². The van der Waals surface area contributed by atoms with E-state index in [-0.39, 0.29) is 6.04 Å². The number of hydrogen-bond acceptors (Lipinski definition) is 6. The molecule has 1 aliphatic heterocycles. The molecule has 1 atom stereocenters. The highest BCUT2D eigenvalue weighted by Gasteiger charge is 2.26. The van der Waals surface area contributed by atoms with Gasteiger partial charge in [-0.1, -0.05) is 12.1 Å². The number of hydrogen-bond donors (Lipinski definition) is 1. The lowest BCUT2D eigenvalue weighted by Crippen LogP contribution is -2.46. The molecule has 0 spiro atoms. The summed E-state index contributed by atoms with van der Waals surface area (Å²) in [6.45, 7) is 4.29. The molecule has 1 aromatic carbocycles. The fourth-order valence-electron chi connectivity index (χ4n) is 3.60. The second-order valence-corrected chi connectivity index (χ2v) is 7.97. The molecular weight excluding hydrogens is 372 g/mol. The van der Waals surface area contributed by atoms with Crippen LogP contribution >= 0.6 is 11.3 Å². The summed E-state index contributed by atoms with van der Waals surface area (Å²) >= 11 is 1.70. The maximum atomic E-state index is 5.96. The minimum Gasteiger partial charge on any atom is -0.493 e. The van der Waals surface area contributed by atoms with E-state index in [1.807, 2.05) is 24.5 Å². The van der Waals surface area contributed by atoms with Crippen molar-refractivity contribution in [2.24, 2.45) is 7.05 Å². The Morgan fingerprint density at radius 3 is 2.96 bits per heavy atom. The Balaban J connectivity index is 1.48. The fraction of sp³-hybridized carbons (Fsp3) is 0.381. The van der Waals surface area contributed by atoms with Crippen molar-refractivity contribution in [2.45, 2.75) is 19.2 Å². The Morgan fingerprint density at radius 2 is 2.21 bits per heavy atom. The number of nitrogens with zero attached hydrogens (tertiary/aromatic N) is 3. The SMILES string of the molecule is COc1cc(CN2CCNCC2c2nccn2C)ccc1OCc1cccs1. The summed E-state index contributed by atoms with van der Waals surface area (Å²) in [7, 11) is 3.75. The summed E-state index contributed by atoms with van der Waals surface area (Å²) in [6, 6.07) is 10.6. The van der Waals surface area contributed by atoms with E-state index >= 15 is 0 Å². The van der Waals surface area contributed by atoms with Crippen molar-refractivity contribution in [1.82, 2.24) is 19.8 Å². The molecule has 0 aliphatic carbocycles. The average Bonchev–Trinajstić information content (AvgIpc) is 3.39. The van der Waals surface area contributed by atoms with Crippen LogP contribution in [0.2, 0.25) is 0 Å². The molecule has 7 heteroatoms. The number of piperazine rings is 1. The van der Waals surface area contributed by atoms with Gasteiger partial charge in [-0.15, -0.1) is 11.3 Å². The first-order valence-electron chi connectivity index (χ1n) is 9.48. The van der Waals surface area contributed by atoms with Gasteiger partial charge in [-0.05, 0) is 29.1 Å². The maximum absolute atomic E-state index is 5.96. The van der Waals surface area contributed by atoms with E-state index in [0.29, 0.717) is 6.61 Å². The van der Waals surface area contributed by atoms with Crippen molar-refractivity contribution >= 4 is 11.3 Å². The van der Waals surface area contributed by atoms with Crippen LogP contribution in [0.5, 0.6) is 11.5 Å². The normalized spacial score (nSPS) is 17.6. The van der Waals surface area contributed by atoms with Gasteiger partial charge in [0.25, 0.3) is 0 Å². The van der Waals surface area contributed by atoms with E-state index in [2.05, 4.69) is 50.4 Å². The molecular formula is C21H26N4O2S. The van der Waals surface area contributed by atoms with Crippen LogP contribution in [0.15, 0.2) is 48.1 Å². The predicted molar refractivity (Wildman–Crippen MR) is 111 cm³/mol. The molecule has 28 heavy (non-hydrogen) atoms. The molecule has 4 rings (SSSR count). The van der Waals surface area contributed by atoms with Crippen molar-refractivity contribution in [3.05, 3.63) is 64.4 Å². The predicted octanol–water partition coefficient (Wildman–Crippen LogP) is 3.22. The lowest BCUT2D eigenvalue weighted by atomic mass is 10.1. The molecule has 148 valence electrons. The first kappa shape index (κ1) is 19.0. The molecule has 0 bridgehead atoms. The summed E-state index contributed by atoms with van der Waals surface area (Å²) in [5, 5.41) is 5.55. The van der Waals surface area contributed by atoms with Gasteiger partial charge in [0.1, 0.15) is 12.4 Å². The first-order chi connectivity index (χ1) is 13.7. The van der Waals surface area contributed by atoms with E-state index in [0.717, 1.165) is 43.5 Å². The van der Waals surface area contributed by atoms with Gasteiger partial charge >= 0.3 is 0 Å². The van der Waals surface area contributed by atoms with Gasteiger partial charge in [-0.2, -0.15) is 0 Å². The lowest BCUT2D eigenvalue weighted by molar-refractivity contribution is 0.144. The van der Waals surface area contributed by atoms with Crippen molar-refractivity contribution in [2.75, 3.05) is 26.7 Å². The molecule has 6 nitrogen and oxygen atoms in total. The van der Waals surface area contributed by atoms with Crippen LogP contribution in [0, 0.1) is 0 Å². The Kier molecular flexibility index (Phi) is 5.95. The van der Waals surface area contributed by atoms with Crippen LogP contribution in [0.25, 0.3) is 0 Å². The lowest BCUT2D eigenvalue weighted by Gasteiger charge is -2.35. The highest BCUT2D eigenvalue weighted by Crippen LogP contribution is 2.31. The quantitative estimate of drug-likeness (QED) is 0.662. The molecule has 0 amide bonds. The third-order valence-electron chi connectivity index (χ3n) is 5.07. The van der Waals surface area contributed by atoms with Gasteiger partial charge in [0, 0.05) is 50.5 Å². The Labute approximate surface area is 169 Å². The molecule has 2 aromatic heterocycles. The van der Waals surface area contributed by atoms with Crippen LogP contribution in [0.1, 0.15) is 22.3 Å². The highest BCUT2D eigenvalue weighted by molar-refractivity contribution is 7.09. The van der Waals surface area contributed by atoms with Crippen LogP contribution in [0.4, 0.5) is 0 Å². The van der Waals surface area contributed by atoms with E-state index < -0.39 is 0 Å². The standard InChI is InChI=1S/C21H26N4O2S/c1-24-9-8-23-21(24)18-13-22-7-10-25(18)14-16-5-6-19(20(12-16)26-2)27-15-17-4-3-11-28-17/h3-6,8-9,11-12,18,22H,7,10,13-15H2,1-2H3. The molecule has 0 saturated carbocycles. The second-order valence-electron chi connectivity index (χ2n) is 6.94. The largest absolute Gasteiger partial charge is 0.493 e. The van der Waals surface area contributed by atoms with Crippen LogP contribution < -0.4 is 14.8 Å². The number of imidazole rings is 1. The number of aromatic nitrogens is 2. The Morgan fingerprint density at radius 1 is 1.29 bits per heavy atom. The fourth-order valence-corrected chi connectivity index (χ4v) is 4.21. The number of ether oxygens (including phenoxy) is 2. The molecule has 1 N–H and O–H groups in total. The smallest absolute Gasteiger partial charge is 0.161 e. The first-order valence-corrected chi connectivity index (χ1v) is 10.4. The zero-order chi connectivity index (χ0) is 19.3. The van der Waals surface area contributed by atoms with Gasteiger partial charge in [0.2, 0.25) is 0 Å². The molecule has 1 aliphatic rings. The van der Waals surface area contributed by atoms with Gasteiger partial charge in [0.15, 0.2) is 11.5 Å². The monoisotopic (exact) mass is 398 g/mol. The van der Waals surface area contributed by atoms with Gasteiger partial charge in [0.05, 0.1) is 13.2 Å². The van der Waals surface area contributed by atoms with E-state index in [1.165, 1.54) is 10.4 Å². The van der Waals surface area contributed by atoms with Crippen molar-refractivity contribution < 1.29 is 9.47 Å². The number of methoxy groups -OCH3 is 1. The zero-order valence-electron chi connectivity index (χ0n) is 16.3. The Bertz CT molecular complexity index is 894. The van der Waals surface area contributed by atoms with E-state index in [1.54, 1.807) is 18.4 Å². The van der Waals surface area contributed by atoms with E-state index in [4.69, 9.17) is 9.47 Å². The highest BCUT2D eigenvalue weighted by atomic mass is 32.1.